The second kappa shape index (κ2) is 5.38. The van der Waals surface area contributed by atoms with E-state index in [1.165, 1.54) is 16.7 Å². The third-order valence-corrected chi connectivity index (χ3v) is 5.76. The van der Waals surface area contributed by atoms with E-state index in [0.29, 0.717) is 28.8 Å². The third kappa shape index (κ3) is 2.12. The van der Waals surface area contributed by atoms with E-state index in [1.807, 2.05) is 18.2 Å². The Morgan fingerprint density at radius 3 is 2.46 bits per heavy atom. The maximum Gasteiger partial charge on any atom is 0.261 e. The number of hydrogen-bond acceptors (Lipinski definition) is 4. The SMILES string of the molecule is CN1CC2C1CN2c1ccc2nc(-c3ccc(F)cc3)n(C)c(=O)c2c1. The first kappa shape index (κ1) is 15.5. The Bertz CT molecular complexity index is 1080. The Morgan fingerprint density at radius 1 is 1.04 bits per heavy atom. The average molecular weight is 350 g/mol. The highest BCUT2D eigenvalue weighted by Gasteiger charge is 2.49. The number of rotatable bonds is 2. The molecular weight excluding hydrogens is 331 g/mol. The number of likely N-dealkylation sites (tertiary alicyclic amines) is 1. The van der Waals surface area contributed by atoms with Gasteiger partial charge in [-0.1, -0.05) is 0 Å². The van der Waals surface area contributed by atoms with Crippen LogP contribution in [0.4, 0.5) is 10.1 Å². The quantitative estimate of drug-likeness (QED) is 0.711. The van der Waals surface area contributed by atoms with Crippen LogP contribution >= 0.6 is 0 Å². The number of hydrogen-bond donors (Lipinski definition) is 0. The van der Waals surface area contributed by atoms with Crippen molar-refractivity contribution in [1.82, 2.24) is 14.5 Å². The van der Waals surface area contributed by atoms with E-state index in [1.54, 1.807) is 19.2 Å². The number of aromatic nitrogens is 2. The molecule has 2 fully saturated rings. The molecule has 26 heavy (non-hydrogen) atoms. The molecule has 0 aliphatic carbocycles. The van der Waals surface area contributed by atoms with Crippen molar-refractivity contribution in [2.24, 2.45) is 7.05 Å². The average Bonchev–Trinajstić information content (AvgIpc) is 2.63. The Kier molecular flexibility index (Phi) is 3.21. The minimum Gasteiger partial charge on any atom is -0.364 e. The number of halogens is 1. The molecule has 0 radical (unpaired) electrons. The monoisotopic (exact) mass is 350 g/mol. The Morgan fingerprint density at radius 2 is 1.81 bits per heavy atom. The summed E-state index contributed by atoms with van der Waals surface area (Å²) in [4.78, 5) is 22.3. The van der Waals surface area contributed by atoms with Gasteiger partial charge in [0, 0.05) is 37.4 Å². The molecule has 5 nitrogen and oxygen atoms in total. The van der Waals surface area contributed by atoms with E-state index >= 15 is 0 Å². The largest absolute Gasteiger partial charge is 0.364 e. The number of likely N-dealkylation sites (N-methyl/N-ethyl adjacent to an activating group) is 1. The van der Waals surface area contributed by atoms with Crippen molar-refractivity contribution in [3.8, 4) is 11.4 Å². The number of nitrogens with zero attached hydrogens (tertiary/aromatic N) is 4. The van der Waals surface area contributed by atoms with Crippen LogP contribution in [0.5, 0.6) is 0 Å². The lowest BCUT2D eigenvalue weighted by Gasteiger charge is -2.62. The standard InChI is InChI=1S/C20H19FN4O/c1-23-10-18-17(23)11-25(18)14-7-8-16-15(9-14)20(26)24(2)19(22-16)12-3-5-13(21)6-4-12/h3-9,17-18H,10-11H2,1-2H3. The third-order valence-electron chi connectivity index (χ3n) is 5.76. The smallest absolute Gasteiger partial charge is 0.261 e. The van der Waals surface area contributed by atoms with Gasteiger partial charge in [0.2, 0.25) is 0 Å². The highest BCUT2D eigenvalue weighted by molar-refractivity contribution is 5.84. The summed E-state index contributed by atoms with van der Waals surface area (Å²) in [6, 6.07) is 13.2. The fraction of sp³-hybridized carbons (Fsp3) is 0.300. The van der Waals surface area contributed by atoms with Crippen LogP contribution in [-0.4, -0.2) is 46.7 Å². The number of anilines is 1. The van der Waals surface area contributed by atoms with Gasteiger partial charge < -0.3 is 4.90 Å². The van der Waals surface area contributed by atoms with Gasteiger partial charge >= 0.3 is 0 Å². The second-order valence-electron chi connectivity index (χ2n) is 7.23. The zero-order chi connectivity index (χ0) is 18.0. The molecule has 2 saturated heterocycles. The first-order valence-electron chi connectivity index (χ1n) is 8.76. The Balaban J connectivity index is 1.58. The molecule has 5 rings (SSSR count). The van der Waals surface area contributed by atoms with E-state index in [0.717, 1.165) is 24.3 Å². The maximum atomic E-state index is 13.2. The number of benzene rings is 2. The fourth-order valence-corrected chi connectivity index (χ4v) is 4.07. The first-order valence-corrected chi connectivity index (χ1v) is 8.76. The first-order chi connectivity index (χ1) is 12.5. The van der Waals surface area contributed by atoms with E-state index in [4.69, 9.17) is 0 Å². The predicted molar refractivity (Wildman–Crippen MR) is 99.9 cm³/mol. The minimum atomic E-state index is -0.307. The van der Waals surface area contributed by atoms with Crippen molar-refractivity contribution in [1.29, 1.82) is 0 Å². The van der Waals surface area contributed by atoms with Crippen LogP contribution in [-0.2, 0) is 7.05 Å². The Labute approximate surface area is 150 Å². The molecule has 0 bridgehead atoms. The van der Waals surface area contributed by atoms with Gasteiger partial charge in [-0.25, -0.2) is 9.37 Å². The molecule has 0 spiro atoms. The summed E-state index contributed by atoms with van der Waals surface area (Å²) in [7, 11) is 3.86. The molecule has 2 atom stereocenters. The van der Waals surface area contributed by atoms with Crippen LogP contribution in [0.25, 0.3) is 22.3 Å². The van der Waals surface area contributed by atoms with Crippen LogP contribution in [0.15, 0.2) is 47.3 Å². The van der Waals surface area contributed by atoms with Crippen molar-refractivity contribution >= 4 is 16.6 Å². The summed E-state index contributed by atoms with van der Waals surface area (Å²) in [6.45, 7) is 2.08. The molecule has 0 N–H and O–H groups in total. The Hall–Kier alpha value is -2.73. The van der Waals surface area contributed by atoms with Crippen LogP contribution in [0, 0.1) is 5.82 Å². The maximum absolute atomic E-state index is 13.2. The lowest BCUT2D eigenvalue weighted by Crippen LogP contribution is -2.78. The minimum absolute atomic E-state index is 0.0843. The van der Waals surface area contributed by atoms with Crippen molar-refractivity contribution < 1.29 is 4.39 Å². The van der Waals surface area contributed by atoms with Gasteiger partial charge in [0.15, 0.2) is 0 Å². The van der Waals surface area contributed by atoms with Gasteiger partial charge in [-0.05, 0) is 49.5 Å². The van der Waals surface area contributed by atoms with Crippen molar-refractivity contribution in [2.75, 3.05) is 25.0 Å². The van der Waals surface area contributed by atoms with Gasteiger partial charge in [0.25, 0.3) is 5.56 Å². The molecule has 132 valence electrons. The molecule has 2 aromatic carbocycles. The molecule has 3 heterocycles. The second-order valence-corrected chi connectivity index (χ2v) is 7.23. The lowest BCUT2D eigenvalue weighted by molar-refractivity contribution is 0.0369. The predicted octanol–water partition coefficient (Wildman–Crippen LogP) is 2.24. The molecular formula is C20H19FN4O. The highest BCUT2D eigenvalue weighted by Crippen LogP contribution is 2.36. The molecule has 0 amide bonds. The number of fused-ring (bicyclic) bond motifs is 2. The molecule has 1 aromatic heterocycles. The normalized spacial score (nSPS) is 22.0. The van der Waals surface area contributed by atoms with E-state index in [9.17, 15) is 9.18 Å². The summed E-state index contributed by atoms with van der Waals surface area (Å²) >= 11 is 0. The van der Waals surface area contributed by atoms with Gasteiger partial charge in [-0.15, -0.1) is 0 Å². The van der Waals surface area contributed by atoms with Crippen LogP contribution in [0.1, 0.15) is 0 Å². The van der Waals surface area contributed by atoms with Gasteiger partial charge in [-0.3, -0.25) is 14.3 Å². The zero-order valence-electron chi connectivity index (χ0n) is 14.7. The highest BCUT2D eigenvalue weighted by atomic mass is 19.1. The molecule has 6 heteroatoms. The van der Waals surface area contributed by atoms with Gasteiger partial charge in [-0.2, -0.15) is 0 Å². The summed E-state index contributed by atoms with van der Waals surface area (Å²) < 4.78 is 14.7. The zero-order valence-corrected chi connectivity index (χ0v) is 14.7. The molecule has 3 aromatic rings. The molecule has 2 aliphatic rings. The van der Waals surface area contributed by atoms with Crippen molar-refractivity contribution in [3.05, 3.63) is 58.6 Å². The molecule has 0 saturated carbocycles. The summed E-state index contributed by atoms with van der Waals surface area (Å²) in [6.07, 6.45) is 0. The van der Waals surface area contributed by atoms with Gasteiger partial charge in [0.1, 0.15) is 11.6 Å². The van der Waals surface area contributed by atoms with Crippen LogP contribution in [0.3, 0.4) is 0 Å². The van der Waals surface area contributed by atoms with Crippen molar-refractivity contribution in [3.63, 3.8) is 0 Å². The lowest BCUT2D eigenvalue weighted by atomic mass is 9.85. The summed E-state index contributed by atoms with van der Waals surface area (Å²) in [5.41, 5.74) is 2.39. The van der Waals surface area contributed by atoms with Gasteiger partial charge in [0.05, 0.1) is 16.9 Å². The summed E-state index contributed by atoms with van der Waals surface area (Å²) in [5, 5.41) is 0.618. The van der Waals surface area contributed by atoms with Crippen LogP contribution < -0.4 is 10.5 Å². The fourth-order valence-electron chi connectivity index (χ4n) is 4.07. The van der Waals surface area contributed by atoms with Crippen LogP contribution in [0.2, 0.25) is 0 Å². The van der Waals surface area contributed by atoms with E-state index < -0.39 is 0 Å². The molecule has 2 unspecified atom stereocenters. The van der Waals surface area contributed by atoms with Crippen molar-refractivity contribution in [2.45, 2.75) is 12.1 Å². The summed E-state index contributed by atoms with van der Waals surface area (Å²) in [5.74, 6) is 0.235. The topological polar surface area (TPSA) is 41.4 Å². The van der Waals surface area contributed by atoms with E-state index in [-0.39, 0.29) is 11.4 Å². The number of piperazine rings is 1. The van der Waals surface area contributed by atoms with E-state index in [2.05, 4.69) is 21.8 Å². The molecule has 2 aliphatic heterocycles.